The Morgan fingerprint density at radius 3 is 2.40 bits per heavy atom. The van der Waals surface area contributed by atoms with E-state index in [-0.39, 0.29) is 5.92 Å². The van der Waals surface area contributed by atoms with Crippen LogP contribution in [0, 0.1) is 5.92 Å². The van der Waals surface area contributed by atoms with Gasteiger partial charge in [-0.1, -0.05) is 12.5 Å². The first kappa shape index (κ1) is 14.7. The van der Waals surface area contributed by atoms with Crippen molar-refractivity contribution in [1.29, 1.82) is 0 Å². The number of hydrogen-bond acceptors (Lipinski definition) is 4. The van der Waals surface area contributed by atoms with Crippen molar-refractivity contribution in [2.75, 3.05) is 21.3 Å². The topological polar surface area (TPSA) is 44.8 Å². The summed E-state index contributed by atoms with van der Waals surface area (Å²) in [6.07, 6.45) is 4.55. The highest BCUT2D eigenvalue weighted by molar-refractivity contribution is 5.82. The van der Waals surface area contributed by atoms with E-state index in [0.29, 0.717) is 35.9 Å². The molecule has 0 spiro atoms. The molecule has 1 aromatic carbocycles. The molecule has 0 amide bonds. The molecule has 1 aliphatic rings. The van der Waals surface area contributed by atoms with Gasteiger partial charge in [0, 0.05) is 12.3 Å². The van der Waals surface area contributed by atoms with Crippen molar-refractivity contribution < 1.29 is 19.0 Å². The van der Waals surface area contributed by atoms with E-state index in [4.69, 9.17) is 14.2 Å². The lowest BCUT2D eigenvalue weighted by Gasteiger charge is -2.22. The Morgan fingerprint density at radius 2 is 1.80 bits per heavy atom. The minimum absolute atomic E-state index is 0.107. The number of hydrogen-bond donors (Lipinski definition) is 0. The Hall–Kier alpha value is -1.71. The average Bonchev–Trinajstić information content (AvgIpc) is 2.48. The molecule has 1 aliphatic carbocycles. The van der Waals surface area contributed by atoms with Gasteiger partial charge < -0.3 is 14.2 Å². The van der Waals surface area contributed by atoms with E-state index in [0.717, 1.165) is 24.8 Å². The highest BCUT2D eigenvalue weighted by Gasteiger charge is 2.25. The lowest BCUT2D eigenvalue weighted by Crippen LogP contribution is -2.21. The number of ether oxygens (including phenoxy) is 3. The molecule has 0 saturated heterocycles. The number of methoxy groups -OCH3 is 3. The van der Waals surface area contributed by atoms with Crippen molar-refractivity contribution in [3.8, 4) is 17.2 Å². The molecule has 20 heavy (non-hydrogen) atoms. The number of rotatable bonds is 5. The van der Waals surface area contributed by atoms with Crippen LogP contribution in [0.1, 0.15) is 31.2 Å². The first-order valence-electron chi connectivity index (χ1n) is 7.01. The van der Waals surface area contributed by atoms with Crippen molar-refractivity contribution in [3.63, 3.8) is 0 Å². The molecule has 0 bridgehead atoms. The van der Waals surface area contributed by atoms with Crippen molar-refractivity contribution in [2.24, 2.45) is 5.92 Å². The third-order valence-electron chi connectivity index (χ3n) is 3.93. The predicted molar refractivity (Wildman–Crippen MR) is 76.8 cm³/mol. The van der Waals surface area contributed by atoms with Crippen LogP contribution < -0.4 is 14.2 Å². The lowest BCUT2D eigenvalue weighted by molar-refractivity contribution is -0.124. The third kappa shape index (κ3) is 2.89. The van der Waals surface area contributed by atoms with E-state index in [2.05, 4.69) is 0 Å². The van der Waals surface area contributed by atoms with E-state index in [1.165, 1.54) is 0 Å². The number of Topliss-reactive ketones (excluding diaryl/α,β-unsaturated/α-hetero) is 1. The molecular weight excluding hydrogens is 256 g/mol. The molecule has 4 nitrogen and oxygen atoms in total. The molecule has 1 aromatic rings. The van der Waals surface area contributed by atoms with Crippen molar-refractivity contribution in [2.45, 2.75) is 32.1 Å². The number of ketones is 1. The zero-order valence-electron chi connectivity index (χ0n) is 12.4. The predicted octanol–water partition coefficient (Wildman–Crippen LogP) is 3.01. The van der Waals surface area contributed by atoms with Gasteiger partial charge in [0.15, 0.2) is 11.5 Å². The van der Waals surface area contributed by atoms with Gasteiger partial charge in [-0.3, -0.25) is 4.79 Å². The Labute approximate surface area is 120 Å². The summed E-state index contributed by atoms with van der Waals surface area (Å²) >= 11 is 0. The number of benzene rings is 1. The fourth-order valence-electron chi connectivity index (χ4n) is 2.86. The smallest absolute Gasteiger partial charge is 0.203 e. The summed E-state index contributed by atoms with van der Waals surface area (Å²) in [4.78, 5) is 12.0. The maximum Gasteiger partial charge on any atom is 0.203 e. The van der Waals surface area contributed by atoms with Gasteiger partial charge in [0.25, 0.3) is 0 Å². The molecule has 1 fully saturated rings. The van der Waals surface area contributed by atoms with Gasteiger partial charge >= 0.3 is 0 Å². The van der Waals surface area contributed by atoms with E-state index in [1.807, 2.05) is 12.1 Å². The van der Waals surface area contributed by atoms with Crippen LogP contribution in [0.15, 0.2) is 12.1 Å². The SMILES string of the molecule is COc1ccc(CC2CCCCC2=O)c(OC)c1OC. The van der Waals surface area contributed by atoms with Crippen LogP contribution in [0.25, 0.3) is 0 Å². The normalized spacial score (nSPS) is 18.8. The van der Waals surface area contributed by atoms with E-state index >= 15 is 0 Å². The average molecular weight is 278 g/mol. The summed E-state index contributed by atoms with van der Waals surface area (Å²) in [7, 11) is 4.81. The minimum Gasteiger partial charge on any atom is -0.493 e. The van der Waals surface area contributed by atoms with Crippen molar-refractivity contribution in [1.82, 2.24) is 0 Å². The second-order valence-electron chi connectivity index (χ2n) is 5.11. The molecule has 1 saturated carbocycles. The van der Waals surface area contributed by atoms with E-state index in [9.17, 15) is 4.79 Å². The van der Waals surface area contributed by atoms with Crippen LogP contribution in [0.2, 0.25) is 0 Å². The quantitative estimate of drug-likeness (QED) is 0.830. The fourth-order valence-corrected chi connectivity index (χ4v) is 2.86. The lowest BCUT2D eigenvalue weighted by atomic mass is 9.83. The highest BCUT2D eigenvalue weighted by atomic mass is 16.5. The van der Waals surface area contributed by atoms with Gasteiger partial charge in [-0.15, -0.1) is 0 Å². The Bertz CT molecular complexity index is 482. The van der Waals surface area contributed by atoms with E-state index < -0.39 is 0 Å². The van der Waals surface area contributed by atoms with Crippen LogP contribution >= 0.6 is 0 Å². The zero-order valence-corrected chi connectivity index (χ0v) is 12.4. The molecule has 1 atom stereocenters. The van der Waals surface area contributed by atoms with Gasteiger partial charge in [0.1, 0.15) is 5.78 Å². The van der Waals surface area contributed by atoms with Crippen LogP contribution in [-0.4, -0.2) is 27.1 Å². The molecule has 0 N–H and O–H groups in total. The third-order valence-corrected chi connectivity index (χ3v) is 3.93. The first-order valence-corrected chi connectivity index (χ1v) is 7.01. The number of carbonyl (C=O) groups is 1. The summed E-state index contributed by atoms with van der Waals surface area (Å²) in [5.41, 5.74) is 1.01. The summed E-state index contributed by atoms with van der Waals surface area (Å²) in [6.45, 7) is 0. The Kier molecular flexibility index (Phi) is 4.88. The first-order chi connectivity index (χ1) is 9.71. The highest BCUT2D eigenvalue weighted by Crippen LogP contribution is 2.41. The van der Waals surface area contributed by atoms with Crippen LogP contribution in [0.3, 0.4) is 0 Å². The zero-order chi connectivity index (χ0) is 14.5. The fraction of sp³-hybridized carbons (Fsp3) is 0.562. The van der Waals surface area contributed by atoms with Gasteiger partial charge in [-0.25, -0.2) is 0 Å². The van der Waals surface area contributed by atoms with Crippen LogP contribution in [0.4, 0.5) is 0 Å². The van der Waals surface area contributed by atoms with Gasteiger partial charge in [0.05, 0.1) is 21.3 Å². The molecule has 0 radical (unpaired) electrons. The standard InChI is InChI=1S/C16H22O4/c1-18-14-9-8-12(15(19-2)16(14)20-3)10-11-6-4-5-7-13(11)17/h8-9,11H,4-7,10H2,1-3H3. The molecule has 1 unspecified atom stereocenters. The Balaban J connectivity index is 2.29. The Morgan fingerprint density at radius 1 is 1.05 bits per heavy atom. The second kappa shape index (κ2) is 6.64. The summed E-state index contributed by atoms with van der Waals surface area (Å²) in [5, 5.41) is 0. The maximum atomic E-state index is 12.0. The molecule has 2 rings (SSSR count). The summed E-state index contributed by atoms with van der Waals surface area (Å²) in [6, 6.07) is 3.83. The van der Waals surface area contributed by atoms with Gasteiger partial charge in [-0.2, -0.15) is 0 Å². The van der Waals surface area contributed by atoms with Crippen molar-refractivity contribution >= 4 is 5.78 Å². The van der Waals surface area contributed by atoms with Gasteiger partial charge in [-0.05, 0) is 30.9 Å². The summed E-state index contributed by atoms with van der Waals surface area (Å²) in [5.74, 6) is 2.38. The second-order valence-corrected chi connectivity index (χ2v) is 5.11. The molecule has 4 heteroatoms. The van der Waals surface area contributed by atoms with Crippen LogP contribution in [-0.2, 0) is 11.2 Å². The summed E-state index contributed by atoms with van der Waals surface area (Å²) < 4.78 is 16.1. The molecule has 0 heterocycles. The van der Waals surface area contributed by atoms with Gasteiger partial charge in [0.2, 0.25) is 5.75 Å². The molecular formula is C16H22O4. The monoisotopic (exact) mass is 278 g/mol. The van der Waals surface area contributed by atoms with Crippen molar-refractivity contribution in [3.05, 3.63) is 17.7 Å². The van der Waals surface area contributed by atoms with Crippen LogP contribution in [0.5, 0.6) is 17.2 Å². The molecule has 0 aromatic heterocycles. The molecule has 110 valence electrons. The van der Waals surface area contributed by atoms with E-state index in [1.54, 1.807) is 21.3 Å². The number of carbonyl (C=O) groups excluding carboxylic acids is 1. The minimum atomic E-state index is 0.107. The maximum absolute atomic E-state index is 12.0. The largest absolute Gasteiger partial charge is 0.493 e. The molecule has 0 aliphatic heterocycles.